The molecule has 5 N–H and O–H groups in total. The van der Waals surface area contributed by atoms with E-state index in [1.54, 1.807) is 65.0 Å². The van der Waals surface area contributed by atoms with Gasteiger partial charge in [-0.05, 0) is 45.6 Å². The van der Waals surface area contributed by atoms with E-state index >= 15 is 0 Å². The molecular formula is C43H66O13. The van der Waals surface area contributed by atoms with Gasteiger partial charge in [0.1, 0.15) is 18.3 Å². The number of ether oxygens (including phenoxy) is 5. The minimum absolute atomic E-state index is 0.143. The van der Waals surface area contributed by atoms with Gasteiger partial charge in [-0.1, -0.05) is 89.1 Å². The summed E-state index contributed by atoms with van der Waals surface area (Å²) in [5.41, 5.74) is 1.56. The van der Waals surface area contributed by atoms with Crippen molar-refractivity contribution in [1.82, 2.24) is 0 Å². The monoisotopic (exact) mass is 790 g/mol. The summed E-state index contributed by atoms with van der Waals surface area (Å²) in [5.74, 6) is -8.60. The first-order valence-electron chi connectivity index (χ1n) is 19.5. The lowest BCUT2D eigenvalue weighted by molar-refractivity contribution is -0.314. The summed E-state index contributed by atoms with van der Waals surface area (Å²) in [6, 6.07) is 0. The average Bonchev–Trinajstić information content (AvgIpc) is 3.14. The number of aliphatic hydroxyl groups excluding tert-OH is 3. The second kappa shape index (κ2) is 22.4. The SMILES string of the molecule is C/C=C/C1OC(O)(C(C)C(O)C(C)C2OC(=O)/C(OC)=C/C(C)=C/C(C)C(O)C(CC)C(O)C(C)C/C(C)=C/C=C/C2OC)CC(OC(=O)/C=C/C(=O)O)C1C. The summed E-state index contributed by atoms with van der Waals surface area (Å²) in [6.07, 6.45) is 7.61. The number of cyclic esters (lactones) is 1. The molecule has 1 fully saturated rings. The van der Waals surface area contributed by atoms with Gasteiger partial charge >= 0.3 is 17.9 Å². The van der Waals surface area contributed by atoms with E-state index in [0.717, 1.165) is 11.6 Å². The number of esters is 2. The molecule has 0 aromatic rings. The van der Waals surface area contributed by atoms with Gasteiger partial charge in [0.25, 0.3) is 0 Å². The highest BCUT2D eigenvalue weighted by atomic mass is 16.6. The maximum absolute atomic E-state index is 13.8. The van der Waals surface area contributed by atoms with E-state index in [9.17, 15) is 34.8 Å². The summed E-state index contributed by atoms with van der Waals surface area (Å²) in [5, 5.41) is 55.6. The molecule has 13 nitrogen and oxygen atoms in total. The van der Waals surface area contributed by atoms with Crippen molar-refractivity contribution in [3.05, 3.63) is 71.6 Å². The van der Waals surface area contributed by atoms with Gasteiger partial charge in [-0.15, -0.1) is 0 Å². The Morgan fingerprint density at radius 1 is 1.09 bits per heavy atom. The third kappa shape index (κ3) is 13.2. The molecule has 2 aliphatic rings. The Kier molecular flexibility index (Phi) is 19.4. The van der Waals surface area contributed by atoms with Crippen LogP contribution < -0.4 is 0 Å². The number of rotatable bonds is 11. The highest BCUT2D eigenvalue weighted by molar-refractivity contribution is 5.90. The molecule has 1 saturated heterocycles. The van der Waals surface area contributed by atoms with Gasteiger partial charge in [-0.25, -0.2) is 14.4 Å². The van der Waals surface area contributed by atoms with Crippen molar-refractivity contribution in [1.29, 1.82) is 0 Å². The van der Waals surface area contributed by atoms with Crippen molar-refractivity contribution >= 4 is 17.9 Å². The average molecular weight is 791 g/mol. The van der Waals surface area contributed by atoms with E-state index in [4.69, 9.17) is 28.8 Å². The Labute approximate surface area is 332 Å². The van der Waals surface area contributed by atoms with Crippen LogP contribution in [0, 0.1) is 35.5 Å². The molecule has 13 heteroatoms. The number of aliphatic carboxylic acids is 1. The first-order valence-corrected chi connectivity index (χ1v) is 19.5. The molecule has 0 spiro atoms. The molecule has 0 aliphatic carbocycles. The lowest BCUT2D eigenvalue weighted by Crippen LogP contribution is -2.58. The van der Waals surface area contributed by atoms with Gasteiger partial charge < -0.3 is 49.2 Å². The fourth-order valence-corrected chi connectivity index (χ4v) is 7.64. The summed E-state index contributed by atoms with van der Waals surface area (Å²) < 4.78 is 29.2. The summed E-state index contributed by atoms with van der Waals surface area (Å²) >= 11 is 0. The van der Waals surface area contributed by atoms with E-state index in [2.05, 4.69) is 0 Å². The van der Waals surface area contributed by atoms with E-state index in [-0.39, 0.29) is 29.9 Å². The third-order valence-electron chi connectivity index (χ3n) is 11.2. The molecule has 14 atom stereocenters. The summed E-state index contributed by atoms with van der Waals surface area (Å²) in [6.45, 7) is 16.2. The Bertz CT molecular complexity index is 1490. The molecule has 0 aromatic heterocycles. The summed E-state index contributed by atoms with van der Waals surface area (Å²) in [7, 11) is 2.76. The number of hydrogen-bond acceptors (Lipinski definition) is 12. The topological polar surface area (TPSA) is 199 Å². The van der Waals surface area contributed by atoms with Gasteiger partial charge in [-0.2, -0.15) is 0 Å². The van der Waals surface area contributed by atoms with Crippen LogP contribution in [-0.2, 0) is 38.1 Å². The number of carbonyl (C=O) groups excluding carboxylic acids is 2. The normalized spacial score (nSPS) is 38.0. The standard InChI is InChI=1S/C43H66O13/c1-12-15-32-28(7)35(54-37(46)19-18-36(44)45)23-43(51,56-32)30(9)40(49)29(8)41-33(52-10)17-14-16-24(3)20-26(5)38(47)31(13-2)39(48)27(6)21-25(4)22-34(53-11)42(50)55-41/h12,14-19,21-22,26-33,35,38-41,47-49,51H,13,20,23H2,1-11H3,(H,44,45)/b15-12+,17-14+,19-18+,24-16+,25-21+,34-22-. The fraction of sp³-hybridized carbons (Fsp3) is 0.651. The van der Waals surface area contributed by atoms with Gasteiger partial charge in [0.15, 0.2) is 5.79 Å². The van der Waals surface area contributed by atoms with E-state index in [1.165, 1.54) is 20.3 Å². The predicted octanol–water partition coefficient (Wildman–Crippen LogP) is 5.19. The number of methoxy groups -OCH3 is 2. The van der Waals surface area contributed by atoms with Crippen molar-refractivity contribution < 1.29 is 63.6 Å². The lowest BCUT2D eigenvalue weighted by Gasteiger charge is -2.48. The molecule has 2 rings (SSSR count). The van der Waals surface area contributed by atoms with Crippen LogP contribution in [0.25, 0.3) is 0 Å². The van der Waals surface area contributed by atoms with Crippen LogP contribution in [0.4, 0.5) is 0 Å². The number of aliphatic hydroxyl groups is 4. The van der Waals surface area contributed by atoms with E-state index in [0.29, 0.717) is 24.5 Å². The second-order valence-electron chi connectivity index (χ2n) is 15.5. The van der Waals surface area contributed by atoms with Crippen LogP contribution in [0.3, 0.4) is 0 Å². The van der Waals surface area contributed by atoms with Crippen molar-refractivity contribution in [2.24, 2.45) is 35.5 Å². The van der Waals surface area contributed by atoms with Crippen LogP contribution in [0.1, 0.15) is 81.6 Å². The van der Waals surface area contributed by atoms with Gasteiger partial charge in [0.05, 0.1) is 31.5 Å². The van der Waals surface area contributed by atoms with E-state index < -0.39 is 84.2 Å². The minimum Gasteiger partial charge on any atom is -0.490 e. The molecule has 2 heterocycles. The molecule has 316 valence electrons. The van der Waals surface area contributed by atoms with Crippen LogP contribution in [-0.4, -0.2) is 106 Å². The van der Waals surface area contributed by atoms with Gasteiger partial charge in [0.2, 0.25) is 5.76 Å². The highest BCUT2D eigenvalue weighted by Gasteiger charge is 2.52. The zero-order valence-corrected chi connectivity index (χ0v) is 34.8. The molecule has 0 bridgehead atoms. The minimum atomic E-state index is -2.05. The van der Waals surface area contributed by atoms with Crippen molar-refractivity contribution in [2.75, 3.05) is 14.2 Å². The van der Waals surface area contributed by atoms with E-state index in [1.807, 2.05) is 33.8 Å². The van der Waals surface area contributed by atoms with Crippen LogP contribution >= 0.6 is 0 Å². The lowest BCUT2D eigenvalue weighted by atomic mass is 9.77. The quantitative estimate of drug-likeness (QED) is 0.104. The Hall–Kier alpha value is -3.59. The molecule has 0 saturated carbocycles. The van der Waals surface area contributed by atoms with Crippen molar-refractivity contribution in [3.8, 4) is 0 Å². The Balaban J connectivity index is 2.61. The first kappa shape index (κ1) is 48.6. The Morgan fingerprint density at radius 3 is 2.32 bits per heavy atom. The van der Waals surface area contributed by atoms with Crippen LogP contribution in [0.5, 0.6) is 0 Å². The third-order valence-corrected chi connectivity index (χ3v) is 11.2. The number of carboxylic acid groups (broad SMARTS) is 1. The van der Waals surface area contributed by atoms with Crippen LogP contribution in [0.2, 0.25) is 0 Å². The first-order chi connectivity index (χ1) is 26.2. The fourth-order valence-electron chi connectivity index (χ4n) is 7.64. The maximum Gasteiger partial charge on any atom is 0.373 e. The number of hydrogen-bond donors (Lipinski definition) is 5. The molecular weight excluding hydrogens is 724 g/mol. The number of allylic oxidation sites excluding steroid dienone is 6. The molecule has 56 heavy (non-hydrogen) atoms. The molecule has 14 unspecified atom stereocenters. The summed E-state index contributed by atoms with van der Waals surface area (Å²) in [4.78, 5) is 37.3. The maximum atomic E-state index is 13.8. The molecule has 2 aliphatic heterocycles. The van der Waals surface area contributed by atoms with Gasteiger partial charge in [0, 0.05) is 55.3 Å². The van der Waals surface area contributed by atoms with Crippen molar-refractivity contribution in [3.63, 3.8) is 0 Å². The second-order valence-corrected chi connectivity index (χ2v) is 15.5. The van der Waals surface area contributed by atoms with Crippen LogP contribution in [0.15, 0.2) is 71.6 Å². The zero-order chi connectivity index (χ0) is 42.5. The Morgan fingerprint density at radius 2 is 1.75 bits per heavy atom. The smallest absolute Gasteiger partial charge is 0.373 e. The highest BCUT2D eigenvalue weighted by Crippen LogP contribution is 2.41. The zero-order valence-electron chi connectivity index (χ0n) is 34.8. The molecule has 0 amide bonds. The molecule has 0 radical (unpaired) electrons. The van der Waals surface area contributed by atoms with Crippen molar-refractivity contribution in [2.45, 2.75) is 130 Å². The largest absolute Gasteiger partial charge is 0.490 e. The molecule has 0 aromatic carbocycles. The predicted molar refractivity (Wildman–Crippen MR) is 211 cm³/mol. The van der Waals surface area contributed by atoms with Gasteiger partial charge in [-0.3, -0.25) is 0 Å². The number of carboxylic acids is 1. The number of carbonyl (C=O) groups is 3.